The molecule has 1 unspecified atom stereocenters. The summed E-state index contributed by atoms with van der Waals surface area (Å²) in [5.41, 5.74) is 1.34. The minimum atomic E-state index is 0.314. The van der Waals surface area contributed by atoms with Crippen LogP contribution in [0.4, 0.5) is 0 Å². The third-order valence-electron chi connectivity index (χ3n) is 1.55. The summed E-state index contributed by atoms with van der Waals surface area (Å²) in [5, 5.41) is 0. The molecule has 0 amide bonds. The van der Waals surface area contributed by atoms with Gasteiger partial charge < -0.3 is 4.74 Å². The number of ether oxygens (including phenoxy) is 1. The SMILES string of the molecule is CC.COC1C=CC(C)=CC1. The summed E-state index contributed by atoms with van der Waals surface area (Å²) < 4.78 is 5.11. The van der Waals surface area contributed by atoms with Gasteiger partial charge in [0.05, 0.1) is 6.10 Å². The highest BCUT2D eigenvalue weighted by Gasteiger charge is 2.02. The monoisotopic (exact) mass is 154 g/mol. The van der Waals surface area contributed by atoms with E-state index in [9.17, 15) is 0 Å². The lowest BCUT2D eigenvalue weighted by molar-refractivity contribution is 0.142. The molecule has 1 aliphatic rings. The smallest absolute Gasteiger partial charge is 0.0789 e. The number of allylic oxidation sites excluding steroid dienone is 2. The van der Waals surface area contributed by atoms with Crippen molar-refractivity contribution in [2.75, 3.05) is 7.11 Å². The number of rotatable bonds is 1. The fourth-order valence-corrected chi connectivity index (χ4v) is 0.883. The van der Waals surface area contributed by atoms with E-state index >= 15 is 0 Å². The zero-order chi connectivity index (χ0) is 8.69. The second kappa shape index (κ2) is 6.17. The maximum atomic E-state index is 5.11. The zero-order valence-electron chi connectivity index (χ0n) is 7.92. The highest BCUT2D eigenvalue weighted by atomic mass is 16.5. The van der Waals surface area contributed by atoms with Crippen LogP contribution in [-0.2, 0) is 4.74 Å². The summed E-state index contributed by atoms with van der Waals surface area (Å²) in [4.78, 5) is 0. The molecule has 1 atom stereocenters. The minimum Gasteiger partial charge on any atom is -0.377 e. The van der Waals surface area contributed by atoms with Gasteiger partial charge in [0.1, 0.15) is 0 Å². The molecule has 1 aliphatic carbocycles. The van der Waals surface area contributed by atoms with Crippen molar-refractivity contribution >= 4 is 0 Å². The van der Waals surface area contributed by atoms with Crippen LogP contribution in [0.2, 0.25) is 0 Å². The predicted molar refractivity (Wildman–Crippen MR) is 49.7 cm³/mol. The van der Waals surface area contributed by atoms with Crippen molar-refractivity contribution < 1.29 is 4.74 Å². The van der Waals surface area contributed by atoms with Gasteiger partial charge in [-0.05, 0) is 13.3 Å². The van der Waals surface area contributed by atoms with Crippen LogP contribution >= 0.6 is 0 Å². The first-order chi connectivity index (χ1) is 5.33. The van der Waals surface area contributed by atoms with E-state index in [1.165, 1.54) is 5.57 Å². The topological polar surface area (TPSA) is 9.23 Å². The maximum Gasteiger partial charge on any atom is 0.0789 e. The predicted octanol–water partition coefficient (Wildman–Crippen LogP) is 2.93. The van der Waals surface area contributed by atoms with Crippen molar-refractivity contribution in [1.82, 2.24) is 0 Å². The van der Waals surface area contributed by atoms with Crippen LogP contribution in [0.1, 0.15) is 27.2 Å². The summed E-state index contributed by atoms with van der Waals surface area (Å²) in [5.74, 6) is 0. The molecule has 0 aliphatic heterocycles. The van der Waals surface area contributed by atoms with Crippen LogP contribution in [-0.4, -0.2) is 13.2 Å². The molecule has 0 aromatic rings. The summed E-state index contributed by atoms with van der Waals surface area (Å²) >= 11 is 0. The molecule has 0 bridgehead atoms. The molecule has 11 heavy (non-hydrogen) atoms. The van der Waals surface area contributed by atoms with Gasteiger partial charge in [-0.25, -0.2) is 0 Å². The third-order valence-corrected chi connectivity index (χ3v) is 1.55. The Bertz CT molecular complexity index is 145. The Morgan fingerprint density at radius 3 is 2.45 bits per heavy atom. The Hall–Kier alpha value is -0.560. The average Bonchev–Trinajstić information content (AvgIpc) is 2.10. The lowest BCUT2D eigenvalue weighted by Crippen LogP contribution is -2.07. The minimum absolute atomic E-state index is 0.314. The van der Waals surface area contributed by atoms with E-state index in [-0.39, 0.29) is 0 Å². The van der Waals surface area contributed by atoms with Crippen molar-refractivity contribution in [1.29, 1.82) is 0 Å². The third kappa shape index (κ3) is 3.99. The highest BCUT2D eigenvalue weighted by molar-refractivity contribution is 5.21. The molecular weight excluding hydrogens is 136 g/mol. The number of hydrogen-bond donors (Lipinski definition) is 0. The summed E-state index contributed by atoms with van der Waals surface area (Å²) in [6, 6.07) is 0. The van der Waals surface area contributed by atoms with E-state index in [1.54, 1.807) is 7.11 Å². The van der Waals surface area contributed by atoms with Crippen LogP contribution < -0.4 is 0 Å². The van der Waals surface area contributed by atoms with Crippen molar-refractivity contribution in [3.8, 4) is 0 Å². The molecule has 1 nitrogen and oxygen atoms in total. The van der Waals surface area contributed by atoms with Crippen molar-refractivity contribution in [2.24, 2.45) is 0 Å². The van der Waals surface area contributed by atoms with E-state index in [2.05, 4.69) is 25.2 Å². The molecule has 0 fully saturated rings. The Balaban J connectivity index is 0.000000461. The first-order valence-corrected chi connectivity index (χ1v) is 4.20. The molecule has 0 heterocycles. The molecule has 1 heteroatoms. The number of methoxy groups -OCH3 is 1. The van der Waals surface area contributed by atoms with Gasteiger partial charge >= 0.3 is 0 Å². The summed E-state index contributed by atoms with van der Waals surface area (Å²) in [6.07, 6.45) is 7.72. The van der Waals surface area contributed by atoms with Gasteiger partial charge in [-0.1, -0.05) is 37.6 Å². The molecular formula is C10H18O. The lowest BCUT2D eigenvalue weighted by atomic mass is 10.1. The summed E-state index contributed by atoms with van der Waals surface area (Å²) in [7, 11) is 1.74. The second-order valence-electron chi connectivity index (χ2n) is 2.32. The van der Waals surface area contributed by atoms with E-state index in [0.29, 0.717) is 6.10 Å². The molecule has 1 rings (SSSR count). The van der Waals surface area contributed by atoms with E-state index < -0.39 is 0 Å². The van der Waals surface area contributed by atoms with Crippen LogP contribution in [0.3, 0.4) is 0 Å². The molecule has 0 aromatic heterocycles. The Morgan fingerprint density at radius 1 is 1.45 bits per heavy atom. The van der Waals surface area contributed by atoms with Crippen LogP contribution in [0.15, 0.2) is 23.8 Å². The quantitative estimate of drug-likeness (QED) is 0.564. The van der Waals surface area contributed by atoms with Crippen molar-refractivity contribution in [3.63, 3.8) is 0 Å². The Labute approximate surface area is 69.8 Å². The van der Waals surface area contributed by atoms with Crippen LogP contribution in [0.25, 0.3) is 0 Å². The van der Waals surface area contributed by atoms with Crippen molar-refractivity contribution in [3.05, 3.63) is 23.8 Å². The van der Waals surface area contributed by atoms with Gasteiger partial charge in [-0.3, -0.25) is 0 Å². The van der Waals surface area contributed by atoms with Crippen LogP contribution in [0.5, 0.6) is 0 Å². The Kier molecular flexibility index (Phi) is 5.86. The van der Waals surface area contributed by atoms with E-state index in [0.717, 1.165) is 6.42 Å². The van der Waals surface area contributed by atoms with Gasteiger partial charge in [0.15, 0.2) is 0 Å². The second-order valence-corrected chi connectivity index (χ2v) is 2.32. The molecule has 0 N–H and O–H groups in total. The summed E-state index contributed by atoms with van der Waals surface area (Å²) in [6.45, 7) is 6.10. The van der Waals surface area contributed by atoms with Gasteiger partial charge in [0.2, 0.25) is 0 Å². The zero-order valence-corrected chi connectivity index (χ0v) is 7.92. The highest BCUT2D eigenvalue weighted by Crippen LogP contribution is 2.11. The fraction of sp³-hybridized carbons (Fsp3) is 0.600. The molecule has 0 saturated carbocycles. The molecule has 0 aromatic carbocycles. The lowest BCUT2D eigenvalue weighted by Gasteiger charge is -2.11. The largest absolute Gasteiger partial charge is 0.377 e. The normalized spacial score (nSPS) is 21.8. The van der Waals surface area contributed by atoms with Gasteiger partial charge in [-0.2, -0.15) is 0 Å². The fourth-order valence-electron chi connectivity index (χ4n) is 0.883. The maximum absolute atomic E-state index is 5.11. The first-order valence-electron chi connectivity index (χ1n) is 4.20. The number of hydrogen-bond acceptors (Lipinski definition) is 1. The Morgan fingerprint density at radius 2 is 2.09 bits per heavy atom. The molecule has 0 spiro atoms. The van der Waals surface area contributed by atoms with Crippen molar-refractivity contribution in [2.45, 2.75) is 33.3 Å². The average molecular weight is 154 g/mol. The van der Waals surface area contributed by atoms with Gasteiger partial charge in [-0.15, -0.1) is 0 Å². The van der Waals surface area contributed by atoms with E-state index in [4.69, 9.17) is 4.74 Å². The van der Waals surface area contributed by atoms with E-state index in [1.807, 2.05) is 13.8 Å². The molecule has 0 saturated heterocycles. The van der Waals surface area contributed by atoms with Gasteiger partial charge in [0.25, 0.3) is 0 Å². The first kappa shape index (κ1) is 10.4. The standard InChI is InChI=1S/C8H12O.C2H6/c1-7-3-5-8(9-2)6-4-7;1-2/h3-5,8H,6H2,1-2H3;1-2H3. The molecule has 0 radical (unpaired) electrons. The van der Waals surface area contributed by atoms with Crippen LogP contribution in [0, 0.1) is 0 Å². The van der Waals surface area contributed by atoms with Gasteiger partial charge in [0, 0.05) is 7.11 Å². The molecule has 64 valence electrons.